The number of aryl methyl sites for hydroxylation is 1. The minimum absolute atomic E-state index is 0.0422. The van der Waals surface area contributed by atoms with Crippen molar-refractivity contribution in [1.29, 1.82) is 0 Å². The summed E-state index contributed by atoms with van der Waals surface area (Å²) in [6.45, 7) is 6.24. The highest BCUT2D eigenvalue weighted by Crippen LogP contribution is 2.44. The van der Waals surface area contributed by atoms with E-state index in [4.69, 9.17) is 9.47 Å². The predicted octanol–water partition coefficient (Wildman–Crippen LogP) is 6.28. The largest absolute Gasteiger partial charge is 0.493 e. The van der Waals surface area contributed by atoms with Crippen LogP contribution >= 0.6 is 0 Å². The van der Waals surface area contributed by atoms with Crippen molar-refractivity contribution in [3.8, 4) is 16.9 Å². The number of halogens is 3. The summed E-state index contributed by atoms with van der Waals surface area (Å²) in [7, 11) is 0. The summed E-state index contributed by atoms with van der Waals surface area (Å²) in [5.74, 6) is -0.775. The normalized spacial score (nSPS) is 14.5. The van der Waals surface area contributed by atoms with Crippen LogP contribution in [0.1, 0.15) is 54.5 Å². The molecule has 4 nitrogen and oxygen atoms in total. The van der Waals surface area contributed by atoms with E-state index in [1.165, 1.54) is 12.1 Å². The lowest BCUT2D eigenvalue weighted by Crippen LogP contribution is -2.22. The van der Waals surface area contributed by atoms with Crippen LogP contribution in [0.5, 0.6) is 5.75 Å². The first-order valence-corrected chi connectivity index (χ1v) is 10.2. The third kappa shape index (κ3) is 4.93. The van der Waals surface area contributed by atoms with Crippen molar-refractivity contribution in [2.24, 2.45) is 0 Å². The Bertz CT molecular complexity index is 966. The Hall–Kier alpha value is -2.80. The lowest BCUT2D eigenvalue weighted by Gasteiger charge is -2.25. The molecule has 1 aliphatic heterocycles. The van der Waals surface area contributed by atoms with Gasteiger partial charge in [0.25, 0.3) is 0 Å². The molecule has 1 heterocycles. The minimum atomic E-state index is -4.75. The first-order valence-electron chi connectivity index (χ1n) is 10.2. The molecule has 2 aromatic carbocycles. The molecule has 0 aromatic heterocycles. The third-order valence-corrected chi connectivity index (χ3v) is 5.27. The van der Waals surface area contributed by atoms with E-state index in [1.807, 2.05) is 6.92 Å². The van der Waals surface area contributed by atoms with Gasteiger partial charge in [0.1, 0.15) is 5.75 Å². The molecule has 3 rings (SSSR count). The number of fused-ring (bicyclic) bond motifs is 1. The summed E-state index contributed by atoms with van der Waals surface area (Å²) in [5, 5.41) is 9.81. The van der Waals surface area contributed by atoms with Gasteiger partial charge in [-0.05, 0) is 59.7 Å². The van der Waals surface area contributed by atoms with Gasteiger partial charge in [-0.15, -0.1) is 0 Å². The molecule has 0 saturated heterocycles. The fourth-order valence-corrected chi connectivity index (χ4v) is 3.79. The van der Waals surface area contributed by atoms with E-state index >= 15 is 0 Å². The molecule has 166 valence electrons. The van der Waals surface area contributed by atoms with E-state index in [1.54, 1.807) is 18.2 Å². The van der Waals surface area contributed by atoms with Crippen molar-refractivity contribution >= 4 is 12.0 Å². The first kappa shape index (κ1) is 22.9. The van der Waals surface area contributed by atoms with Gasteiger partial charge in [0.15, 0.2) is 6.10 Å². The SMILES string of the molecule is C=Cc1ccc(C(F)(F)F)c(C(OCCCC)C(=O)O)c1-c1ccc2c(c1)CCCO2. The van der Waals surface area contributed by atoms with E-state index < -0.39 is 29.4 Å². The van der Waals surface area contributed by atoms with E-state index in [9.17, 15) is 23.1 Å². The molecule has 1 atom stereocenters. The number of rotatable bonds is 8. The molecule has 0 fully saturated rings. The van der Waals surface area contributed by atoms with Crippen LogP contribution in [-0.2, 0) is 22.1 Å². The molecule has 0 radical (unpaired) electrons. The molecule has 1 aliphatic rings. The van der Waals surface area contributed by atoms with Gasteiger partial charge in [0, 0.05) is 12.2 Å². The number of ether oxygens (including phenoxy) is 2. The highest BCUT2D eigenvalue weighted by molar-refractivity contribution is 5.86. The van der Waals surface area contributed by atoms with Crippen molar-refractivity contribution in [2.45, 2.75) is 44.9 Å². The molecular formula is C24H25F3O4. The topological polar surface area (TPSA) is 55.8 Å². The third-order valence-electron chi connectivity index (χ3n) is 5.27. The highest BCUT2D eigenvalue weighted by atomic mass is 19.4. The Morgan fingerprint density at radius 3 is 2.74 bits per heavy atom. The Labute approximate surface area is 179 Å². The number of carboxylic acids is 1. The van der Waals surface area contributed by atoms with E-state index in [0.29, 0.717) is 29.9 Å². The van der Waals surface area contributed by atoms with Crippen molar-refractivity contribution in [3.63, 3.8) is 0 Å². The second-order valence-corrected chi connectivity index (χ2v) is 7.41. The van der Waals surface area contributed by atoms with Gasteiger partial charge in [0.2, 0.25) is 0 Å². The second-order valence-electron chi connectivity index (χ2n) is 7.41. The van der Waals surface area contributed by atoms with Crippen molar-refractivity contribution in [3.05, 3.63) is 59.2 Å². The molecule has 1 unspecified atom stereocenters. The summed E-state index contributed by atoms with van der Waals surface area (Å²) in [4.78, 5) is 12.1. The van der Waals surface area contributed by atoms with Crippen molar-refractivity contribution in [2.75, 3.05) is 13.2 Å². The maximum absolute atomic E-state index is 14.0. The standard InChI is InChI=1S/C24H25F3O4/c1-3-5-12-31-22(23(28)29)21-18(24(25,26)27)10-8-15(4-2)20(21)17-9-11-19-16(14-17)7-6-13-30-19/h4,8-11,14,22H,2-3,5-7,12-13H2,1H3,(H,28,29). The van der Waals surface area contributed by atoms with Gasteiger partial charge in [0.05, 0.1) is 12.2 Å². The monoisotopic (exact) mass is 434 g/mol. The van der Waals surface area contributed by atoms with Crippen molar-refractivity contribution < 1.29 is 32.5 Å². The molecule has 0 saturated carbocycles. The van der Waals surface area contributed by atoms with Gasteiger partial charge in [-0.2, -0.15) is 13.2 Å². The minimum Gasteiger partial charge on any atom is -0.493 e. The number of hydrogen-bond acceptors (Lipinski definition) is 3. The maximum atomic E-state index is 14.0. The first-order chi connectivity index (χ1) is 14.8. The highest BCUT2D eigenvalue weighted by Gasteiger charge is 2.40. The number of carbonyl (C=O) groups is 1. The Balaban J connectivity index is 2.28. The Morgan fingerprint density at radius 1 is 1.32 bits per heavy atom. The number of aliphatic carboxylic acids is 1. The van der Waals surface area contributed by atoms with Crippen LogP contribution in [0.15, 0.2) is 36.9 Å². The fraction of sp³-hybridized carbons (Fsp3) is 0.375. The zero-order valence-corrected chi connectivity index (χ0v) is 17.3. The molecule has 0 bridgehead atoms. The number of carboxylic acid groups (broad SMARTS) is 1. The van der Waals surface area contributed by atoms with Gasteiger partial charge in [-0.3, -0.25) is 0 Å². The number of hydrogen-bond donors (Lipinski definition) is 1. The smallest absolute Gasteiger partial charge is 0.416 e. The molecule has 1 N–H and O–H groups in total. The average Bonchev–Trinajstić information content (AvgIpc) is 2.74. The maximum Gasteiger partial charge on any atom is 0.416 e. The lowest BCUT2D eigenvalue weighted by atomic mass is 9.86. The predicted molar refractivity (Wildman–Crippen MR) is 112 cm³/mol. The number of unbranched alkanes of at least 4 members (excludes halogenated alkanes) is 1. The van der Waals surface area contributed by atoms with Crippen LogP contribution in [-0.4, -0.2) is 24.3 Å². The number of alkyl halides is 3. The second kappa shape index (κ2) is 9.56. The molecule has 0 amide bonds. The van der Waals surface area contributed by atoms with Gasteiger partial charge < -0.3 is 14.6 Å². The number of benzene rings is 2. The molecule has 31 heavy (non-hydrogen) atoms. The molecule has 2 aromatic rings. The van der Waals surface area contributed by atoms with Crippen LogP contribution in [0.25, 0.3) is 17.2 Å². The van der Waals surface area contributed by atoms with Crippen LogP contribution in [0.4, 0.5) is 13.2 Å². The summed E-state index contributed by atoms with van der Waals surface area (Å²) < 4.78 is 53.0. The van der Waals surface area contributed by atoms with E-state index in [2.05, 4.69) is 6.58 Å². The van der Waals surface area contributed by atoms with Crippen LogP contribution < -0.4 is 4.74 Å². The zero-order chi connectivity index (χ0) is 22.6. The Morgan fingerprint density at radius 2 is 2.10 bits per heavy atom. The van der Waals surface area contributed by atoms with Crippen molar-refractivity contribution in [1.82, 2.24) is 0 Å². The van der Waals surface area contributed by atoms with Crippen LogP contribution in [0, 0.1) is 0 Å². The van der Waals surface area contributed by atoms with Gasteiger partial charge in [-0.1, -0.05) is 38.1 Å². The molecule has 0 aliphatic carbocycles. The average molecular weight is 434 g/mol. The molecule has 0 spiro atoms. The Kier molecular flexibility index (Phi) is 7.05. The van der Waals surface area contributed by atoms with Crippen LogP contribution in [0.3, 0.4) is 0 Å². The summed E-state index contributed by atoms with van der Waals surface area (Å²) in [5.41, 5.74) is 0.509. The summed E-state index contributed by atoms with van der Waals surface area (Å²) >= 11 is 0. The summed E-state index contributed by atoms with van der Waals surface area (Å²) in [6.07, 6.45) is -2.28. The lowest BCUT2D eigenvalue weighted by molar-refractivity contribution is -0.153. The van der Waals surface area contributed by atoms with Crippen LogP contribution in [0.2, 0.25) is 0 Å². The quantitative estimate of drug-likeness (QED) is 0.497. The van der Waals surface area contributed by atoms with Gasteiger partial charge in [-0.25, -0.2) is 4.79 Å². The fourth-order valence-electron chi connectivity index (χ4n) is 3.79. The molecular weight excluding hydrogens is 409 g/mol. The molecule has 7 heteroatoms. The van der Waals surface area contributed by atoms with E-state index in [-0.39, 0.29) is 12.2 Å². The van der Waals surface area contributed by atoms with Gasteiger partial charge >= 0.3 is 12.1 Å². The zero-order valence-electron chi connectivity index (χ0n) is 17.3. The van der Waals surface area contributed by atoms with E-state index in [0.717, 1.165) is 30.9 Å². The summed E-state index contributed by atoms with van der Waals surface area (Å²) in [6, 6.07) is 7.35.